The molecule has 0 saturated carbocycles. The van der Waals surface area contributed by atoms with Crippen LogP contribution in [0, 0.1) is 0 Å². The quantitative estimate of drug-likeness (QED) is 0.176. The second-order valence-electron chi connectivity index (χ2n) is 16.2. The Morgan fingerprint density at radius 2 is 1.00 bits per heavy atom. The van der Waals surface area contributed by atoms with E-state index in [0.717, 1.165) is 72.3 Å². The van der Waals surface area contributed by atoms with Crippen LogP contribution in [0.5, 0.6) is 0 Å². The maximum Gasteiger partial charge on any atom is 0.160 e. The zero-order valence-electron chi connectivity index (χ0n) is 32.6. The average Bonchev–Trinajstić information content (AvgIpc) is 3.91. The maximum atomic E-state index is 7.12. The molecule has 0 atom stereocenters. The van der Waals surface area contributed by atoms with E-state index in [-0.39, 0.29) is 5.41 Å². The van der Waals surface area contributed by atoms with Gasteiger partial charge in [-0.15, -0.1) is 0 Å². The van der Waals surface area contributed by atoms with Gasteiger partial charge in [0.25, 0.3) is 0 Å². The summed E-state index contributed by atoms with van der Waals surface area (Å²) >= 11 is 0. The first-order chi connectivity index (χ1) is 29.0. The molecule has 3 aromatic heterocycles. The summed E-state index contributed by atoms with van der Waals surface area (Å²) in [6.07, 6.45) is 0. The number of aromatic nitrogens is 3. The number of benzene rings is 8. The zero-order chi connectivity index (χ0) is 39.2. The fraction of sp³-hybridized carbons (Fsp3) is 0.0545. The highest BCUT2D eigenvalue weighted by atomic mass is 16.3. The summed E-state index contributed by atoms with van der Waals surface area (Å²) < 4.78 is 9.54. The van der Waals surface area contributed by atoms with Crippen LogP contribution in [0.4, 0.5) is 0 Å². The zero-order valence-corrected chi connectivity index (χ0v) is 32.6. The third-order valence-corrected chi connectivity index (χ3v) is 12.4. The van der Waals surface area contributed by atoms with Gasteiger partial charge in [-0.1, -0.05) is 166 Å². The molecule has 0 fully saturated rings. The third kappa shape index (κ3) is 5.09. The van der Waals surface area contributed by atoms with Crippen LogP contribution in [0.3, 0.4) is 0 Å². The van der Waals surface area contributed by atoms with E-state index in [9.17, 15) is 0 Å². The van der Waals surface area contributed by atoms with Gasteiger partial charge in [-0.05, 0) is 64.2 Å². The average molecular weight is 756 g/mol. The van der Waals surface area contributed by atoms with Gasteiger partial charge < -0.3 is 8.98 Å². The summed E-state index contributed by atoms with van der Waals surface area (Å²) in [5, 5.41) is 4.64. The molecule has 0 N–H and O–H groups in total. The Kier molecular flexibility index (Phi) is 7.24. The van der Waals surface area contributed by atoms with Gasteiger partial charge in [0.1, 0.15) is 5.58 Å². The lowest BCUT2D eigenvalue weighted by atomic mass is 9.82. The van der Waals surface area contributed by atoms with Crippen molar-refractivity contribution in [3.63, 3.8) is 0 Å². The lowest BCUT2D eigenvalue weighted by Crippen LogP contribution is -2.14. The number of hydrogen-bond acceptors (Lipinski definition) is 3. The summed E-state index contributed by atoms with van der Waals surface area (Å²) in [6.45, 7) is 4.70. The molecule has 0 amide bonds. The van der Waals surface area contributed by atoms with E-state index < -0.39 is 0 Å². The summed E-state index contributed by atoms with van der Waals surface area (Å²) in [4.78, 5) is 10.3. The molecule has 0 saturated heterocycles. The molecule has 278 valence electrons. The van der Waals surface area contributed by atoms with E-state index in [1.165, 1.54) is 38.5 Å². The Morgan fingerprint density at radius 3 is 1.78 bits per heavy atom. The Morgan fingerprint density at radius 1 is 0.407 bits per heavy atom. The predicted molar refractivity (Wildman–Crippen MR) is 243 cm³/mol. The van der Waals surface area contributed by atoms with Gasteiger partial charge in [0.15, 0.2) is 11.4 Å². The smallest absolute Gasteiger partial charge is 0.160 e. The van der Waals surface area contributed by atoms with Gasteiger partial charge in [-0.25, -0.2) is 9.97 Å². The van der Waals surface area contributed by atoms with Gasteiger partial charge in [0.2, 0.25) is 0 Å². The summed E-state index contributed by atoms with van der Waals surface area (Å²) in [5.74, 6) is 0.676. The predicted octanol–water partition coefficient (Wildman–Crippen LogP) is 14.4. The van der Waals surface area contributed by atoms with Crippen LogP contribution in [0.25, 0.3) is 106 Å². The summed E-state index contributed by atoms with van der Waals surface area (Å²) in [6, 6.07) is 66.7. The molecule has 12 rings (SSSR count). The highest BCUT2D eigenvalue weighted by Gasteiger charge is 2.36. The second kappa shape index (κ2) is 12.7. The van der Waals surface area contributed by atoms with Crippen molar-refractivity contribution in [3.05, 3.63) is 199 Å². The monoisotopic (exact) mass is 755 g/mol. The number of rotatable bonds is 5. The van der Waals surface area contributed by atoms with Crippen molar-refractivity contribution >= 4 is 43.7 Å². The Labute approximate surface area is 341 Å². The van der Waals surface area contributed by atoms with Crippen LogP contribution in [-0.2, 0) is 5.41 Å². The standard InChI is InChI=1S/C55H37N3O/c1-55(2)45-27-11-9-22-39(45)43-31-44-40-23-10-12-28-49(40)58(51(44)32-46(43)55)50-29-15-26-42-41-25-14-24-38(52(41)59-53(42)50)36-20-13-21-37(30-36)54-56-47(34-16-5-3-6-17-34)33-48(57-54)35-18-7-4-8-19-35/h3-33H,1-2H3. The first kappa shape index (κ1) is 33.6. The van der Waals surface area contributed by atoms with Gasteiger partial charge in [0.05, 0.1) is 28.1 Å². The largest absolute Gasteiger partial charge is 0.453 e. The van der Waals surface area contributed by atoms with Gasteiger partial charge >= 0.3 is 0 Å². The van der Waals surface area contributed by atoms with Crippen LogP contribution < -0.4 is 0 Å². The van der Waals surface area contributed by atoms with E-state index in [2.05, 4.69) is 170 Å². The van der Waals surface area contributed by atoms with E-state index >= 15 is 0 Å². The molecule has 0 bridgehead atoms. The van der Waals surface area contributed by atoms with Crippen molar-refractivity contribution in [2.24, 2.45) is 0 Å². The molecule has 1 aliphatic carbocycles. The first-order valence-electron chi connectivity index (χ1n) is 20.2. The van der Waals surface area contributed by atoms with Crippen LogP contribution >= 0.6 is 0 Å². The summed E-state index contributed by atoms with van der Waals surface area (Å²) in [7, 11) is 0. The fourth-order valence-electron chi connectivity index (χ4n) is 9.55. The third-order valence-electron chi connectivity index (χ3n) is 12.4. The molecule has 0 spiro atoms. The summed E-state index contributed by atoms with van der Waals surface area (Å²) in [5.41, 5.74) is 17.2. The van der Waals surface area contributed by atoms with E-state index in [0.29, 0.717) is 5.82 Å². The highest BCUT2D eigenvalue weighted by Crippen LogP contribution is 2.51. The first-order valence-corrected chi connectivity index (χ1v) is 20.2. The molecule has 11 aromatic rings. The van der Waals surface area contributed by atoms with Crippen molar-refractivity contribution in [2.75, 3.05) is 0 Å². The molecule has 0 radical (unpaired) electrons. The van der Waals surface area contributed by atoms with Crippen molar-refractivity contribution in [2.45, 2.75) is 19.3 Å². The number of hydrogen-bond donors (Lipinski definition) is 0. The minimum absolute atomic E-state index is 0.118. The molecule has 0 unspecified atom stereocenters. The molecule has 1 aliphatic rings. The highest BCUT2D eigenvalue weighted by molar-refractivity contribution is 6.15. The second-order valence-corrected chi connectivity index (χ2v) is 16.2. The molecule has 4 heteroatoms. The Balaban J connectivity index is 1.04. The minimum atomic E-state index is -0.118. The van der Waals surface area contributed by atoms with Crippen molar-refractivity contribution in [3.8, 4) is 61.8 Å². The molecule has 4 nitrogen and oxygen atoms in total. The van der Waals surface area contributed by atoms with Crippen LogP contribution in [0.15, 0.2) is 192 Å². The van der Waals surface area contributed by atoms with Crippen LogP contribution in [0.1, 0.15) is 25.0 Å². The maximum absolute atomic E-state index is 7.12. The fourth-order valence-corrected chi connectivity index (χ4v) is 9.55. The van der Waals surface area contributed by atoms with Crippen LogP contribution in [-0.4, -0.2) is 14.5 Å². The van der Waals surface area contributed by atoms with E-state index in [4.69, 9.17) is 14.4 Å². The van der Waals surface area contributed by atoms with Gasteiger partial charge in [-0.2, -0.15) is 0 Å². The van der Waals surface area contributed by atoms with E-state index in [1.807, 2.05) is 36.4 Å². The van der Waals surface area contributed by atoms with E-state index in [1.54, 1.807) is 0 Å². The molecular formula is C55H37N3O. The Hall–Kier alpha value is -7.56. The number of nitrogens with zero attached hydrogens (tertiary/aromatic N) is 3. The minimum Gasteiger partial charge on any atom is -0.453 e. The van der Waals surface area contributed by atoms with Gasteiger partial charge in [0, 0.05) is 49.2 Å². The molecule has 59 heavy (non-hydrogen) atoms. The van der Waals surface area contributed by atoms with Crippen molar-refractivity contribution in [1.29, 1.82) is 0 Å². The van der Waals surface area contributed by atoms with Gasteiger partial charge in [-0.3, -0.25) is 0 Å². The topological polar surface area (TPSA) is 43.9 Å². The number of furan rings is 1. The lowest BCUT2D eigenvalue weighted by molar-refractivity contribution is 0.660. The SMILES string of the molecule is CC1(C)c2ccccc2-c2cc3c4ccccc4n(-c4cccc5c4oc4c(-c6cccc(-c7nc(-c8ccccc8)cc(-c8ccccc8)n7)c6)cccc45)c3cc21. The van der Waals surface area contributed by atoms with Crippen LogP contribution in [0.2, 0.25) is 0 Å². The number of fused-ring (bicyclic) bond motifs is 9. The molecule has 8 aromatic carbocycles. The van der Waals surface area contributed by atoms with Crippen molar-refractivity contribution in [1.82, 2.24) is 14.5 Å². The normalized spacial score (nSPS) is 13.1. The lowest BCUT2D eigenvalue weighted by Gasteiger charge is -2.21. The van der Waals surface area contributed by atoms with Crippen molar-refractivity contribution < 1.29 is 4.42 Å². The Bertz CT molecular complexity index is 3410. The molecule has 0 aliphatic heterocycles. The number of para-hydroxylation sites is 3. The molecular weight excluding hydrogens is 719 g/mol. The molecule has 3 heterocycles.